The molecule has 0 radical (unpaired) electrons. The Balaban J connectivity index is 2.51. The quantitative estimate of drug-likeness (QED) is 0.284. The van der Waals surface area contributed by atoms with Crippen LogP contribution in [0.3, 0.4) is 0 Å². The highest BCUT2D eigenvalue weighted by molar-refractivity contribution is 5.85. The zero-order valence-electron chi connectivity index (χ0n) is 20.1. The van der Waals surface area contributed by atoms with Crippen molar-refractivity contribution in [2.45, 2.75) is 72.1 Å². The molecule has 0 amide bonds. The predicted molar refractivity (Wildman–Crippen MR) is 128 cm³/mol. The van der Waals surface area contributed by atoms with E-state index >= 15 is 0 Å². The van der Waals surface area contributed by atoms with E-state index in [1.54, 1.807) is 0 Å². The van der Waals surface area contributed by atoms with Gasteiger partial charge >= 0.3 is 5.97 Å². The maximum atomic E-state index is 12.3. The zero-order chi connectivity index (χ0) is 23.8. The Bertz CT molecular complexity index is 1160. The third-order valence-corrected chi connectivity index (χ3v) is 6.62. The van der Waals surface area contributed by atoms with Gasteiger partial charge in [-0.15, -0.1) is 15.0 Å². The monoisotopic (exact) mass is 435 g/mol. The molecule has 2 aromatic carbocycles. The molecule has 0 saturated carbocycles. The van der Waals surface area contributed by atoms with E-state index in [0.29, 0.717) is 11.0 Å². The van der Waals surface area contributed by atoms with Crippen LogP contribution in [0.1, 0.15) is 71.1 Å². The summed E-state index contributed by atoms with van der Waals surface area (Å²) in [5, 5.41) is 20.9. The molecule has 0 saturated heterocycles. The number of benzene rings is 2. The van der Waals surface area contributed by atoms with Crippen molar-refractivity contribution in [3.05, 3.63) is 53.6 Å². The third-order valence-electron chi connectivity index (χ3n) is 6.62. The highest BCUT2D eigenvalue weighted by Crippen LogP contribution is 2.50. The second-order valence-electron chi connectivity index (χ2n) is 9.48. The molecule has 32 heavy (non-hydrogen) atoms. The number of nitrogens with zero attached hydrogens (tertiary/aromatic N) is 3. The number of fused-ring (bicyclic) bond motifs is 1. The number of aromatic nitrogens is 3. The molecule has 170 valence electrons. The largest absolute Gasteiger partial charge is 0.505 e. The normalized spacial score (nSPS) is 12.2. The highest BCUT2D eigenvalue weighted by atomic mass is 16.5. The summed E-state index contributed by atoms with van der Waals surface area (Å²) in [5.41, 5.74) is 3.63. The van der Waals surface area contributed by atoms with Crippen molar-refractivity contribution in [2.75, 3.05) is 0 Å². The predicted octanol–water partition coefficient (Wildman–Crippen LogP) is 5.90. The molecule has 3 rings (SSSR count). The van der Waals surface area contributed by atoms with E-state index in [1.807, 2.05) is 31.2 Å². The molecule has 1 aromatic heterocycles. The molecule has 0 unspecified atom stereocenters. The van der Waals surface area contributed by atoms with Crippen LogP contribution in [0.5, 0.6) is 11.5 Å². The first-order valence-electron chi connectivity index (χ1n) is 11.1. The summed E-state index contributed by atoms with van der Waals surface area (Å²) in [6.07, 6.45) is 2.77. The molecule has 0 spiro atoms. The Morgan fingerprint density at radius 3 is 2.03 bits per heavy atom. The molecule has 0 bridgehead atoms. The number of phenols is 1. The summed E-state index contributed by atoms with van der Waals surface area (Å²) in [4.78, 5) is 13.7. The molecule has 0 fully saturated rings. The lowest BCUT2D eigenvalue weighted by molar-refractivity contribution is -0.129. The van der Waals surface area contributed by atoms with Gasteiger partial charge in [-0.3, -0.25) is 0 Å². The van der Waals surface area contributed by atoms with Crippen LogP contribution in [0, 0.1) is 6.92 Å². The lowest BCUT2D eigenvalue weighted by Gasteiger charge is -2.37. The maximum absolute atomic E-state index is 12.3. The van der Waals surface area contributed by atoms with Crippen molar-refractivity contribution in [3.8, 4) is 17.2 Å². The first-order valence-corrected chi connectivity index (χ1v) is 11.1. The van der Waals surface area contributed by atoms with E-state index in [4.69, 9.17) is 4.74 Å². The Labute approximate surface area is 189 Å². The number of carbonyl (C=O) groups is 1. The van der Waals surface area contributed by atoms with Crippen LogP contribution in [-0.4, -0.2) is 26.1 Å². The lowest BCUT2D eigenvalue weighted by Crippen LogP contribution is -2.28. The van der Waals surface area contributed by atoms with Crippen molar-refractivity contribution in [3.63, 3.8) is 0 Å². The maximum Gasteiger partial charge on any atom is 0.335 e. The van der Waals surface area contributed by atoms with Gasteiger partial charge in [0.05, 0.1) is 0 Å². The fraction of sp³-hybridized carbons (Fsp3) is 0.423. The number of phenolic OH excluding ortho intramolecular Hbond substituents is 1. The van der Waals surface area contributed by atoms with Gasteiger partial charge in [-0.25, -0.2) is 4.79 Å². The van der Waals surface area contributed by atoms with E-state index in [9.17, 15) is 9.90 Å². The van der Waals surface area contributed by atoms with E-state index in [2.05, 4.69) is 58.3 Å². The number of esters is 1. The van der Waals surface area contributed by atoms with E-state index in [1.165, 1.54) is 4.80 Å². The fourth-order valence-corrected chi connectivity index (χ4v) is 4.09. The van der Waals surface area contributed by atoms with Crippen molar-refractivity contribution in [1.82, 2.24) is 15.0 Å². The fourth-order valence-electron chi connectivity index (χ4n) is 4.09. The van der Waals surface area contributed by atoms with E-state index < -0.39 is 5.97 Å². The average Bonchev–Trinajstić information content (AvgIpc) is 3.18. The minimum atomic E-state index is -0.604. The Morgan fingerprint density at radius 1 is 1.06 bits per heavy atom. The van der Waals surface area contributed by atoms with Gasteiger partial charge in [0, 0.05) is 11.6 Å². The number of hydrogen-bond donors (Lipinski definition) is 1. The zero-order valence-corrected chi connectivity index (χ0v) is 20.1. The molecule has 0 aliphatic carbocycles. The molecule has 0 aliphatic heterocycles. The second-order valence-corrected chi connectivity index (χ2v) is 9.48. The summed E-state index contributed by atoms with van der Waals surface area (Å²) >= 11 is 0. The minimum absolute atomic E-state index is 0.0335. The molecule has 1 heterocycles. The van der Waals surface area contributed by atoms with Crippen LogP contribution in [-0.2, 0) is 15.6 Å². The summed E-state index contributed by atoms with van der Waals surface area (Å²) in [6, 6.07) is 7.46. The standard InChI is InChI=1S/C26H33N3O3/c1-9-19(30)32-24-16(4)20(25(5,6)10-2)21(26(7,8)11-3)23(31)22(24)29-27-17-14-12-13-15-18(17)28-29/h9,12-15,31H,1,10-11H2,2-8H3. The second kappa shape index (κ2) is 8.41. The number of carbonyl (C=O) groups excluding carboxylic acids is 1. The van der Waals surface area contributed by atoms with E-state index in [-0.39, 0.29) is 28.0 Å². The number of ether oxygens (including phenoxy) is 1. The van der Waals surface area contributed by atoms with Gasteiger partial charge in [0.1, 0.15) is 11.0 Å². The van der Waals surface area contributed by atoms with Crippen molar-refractivity contribution >= 4 is 17.0 Å². The van der Waals surface area contributed by atoms with Crippen LogP contribution < -0.4 is 4.74 Å². The van der Waals surface area contributed by atoms with E-state index in [0.717, 1.165) is 35.6 Å². The van der Waals surface area contributed by atoms with Gasteiger partial charge in [-0.05, 0) is 53.9 Å². The van der Waals surface area contributed by atoms with Crippen molar-refractivity contribution < 1.29 is 14.6 Å². The van der Waals surface area contributed by atoms with Crippen LogP contribution in [0.2, 0.25) is 0 Å². The molecule has 0 atom stereocenters. The van der Waals surface area contributed by atoms with Gasteiger partial charge in [-0.2, -0.15) is 0 Å². The Kier molecular flexibility index (Phi) is 6.18. The molecular formula is C26H33N3O3. The molecule has 0 aliphatic rings. The third kappa shape index (κ3) is 3.90. The highest BCUT2D eigenvalue weighted by Gasteiger charge is 2.38. The Hall–Kier alpha value is -3.15. The topological polar surface area (TPSA) is 77.2 Å². The summed E-state index contributed by atoms with van der Waals surface area (Å²) in [7, 11) is 0. The van der Waals surface area contributed by atoms with Gasteiger partial charge in [0.15, 0.2) is 17.2 Å². The SMILES string of the molecule is C=CC(=O)Oc1c(C)c(C(C)(C)CC)c(C(C)(C)CC)c(O)c1-n1nc2ccccc2n1. The van der Waals surface area contributed by atoms with Gasteiger partial charge in [-0.1, -0.05) is 60.3 Å². The number of hydrogen-bond acceptors (Lipinski definition) is 5. The van der Waals surface area contributed by atoms with Gasteiger partial charge in [0.2, 0.25) is 0 Å². The molecule has 6 nitrogen and oxygen atoms in total. The van der Waals surface area contributed by atoms with Crippen LogP contribution in [0.25, 0.3) is 16.7 Å². The molecule has 6 heteroatoms. The van der Waals surface area contributed by atoms with Gasteiger partial charge < -0.3 is 9.84 Å². The molecule has 3 aromatic rings. The number of aromatic hydroxyl groups is 1. The number of rotatable bonds is 7. The van der Waals surface area contributed by atoms with Crippen LogP contribution in [0.4, 0.5) is 0 Å². The molecular weight excluding hydrogens is 402 g/mol. The van der Waals surface area contributed by atoms with Crippen molar-refractivity contribution in [1.29, 1.82) is 0 Å². The summed E-state index contributed by atoms with van der Waals surface area (Å²) in [6.45, 7) is 18.2. The van der Waals surface area contributed by atoms with Crippen LogP contribution in [0.15, 0.2) is 36.9 Å². The first-order chi connectivity index (χ1) is 15.0. The molecule has 1 N–H and O–H groups in total. The summed E-state index contributed by atoms with van der Waals surface area (Å²) < 4.78 is 5.72. The van der Waals surface area contributed by atoms with Gasteiger partial charge in [0.25, 0.3) is 0 Å². The first kappa shape index (κ1) is 23.5. The van der Waals surface area contributed by atoms with Crippen molar-refractivity contribution in [2.24, 2.45) is 0 Å². The lowest BCUT2D eigenvalue weighted by atomic mass is 9.69. The minimum Gasteiger partial charge on any atom is -0.505 e. The Morgan fingerprint density at radius 2 is 1.56 bits per heavy atom. The summed E-state index contributed by atoms with van der Waals surface area (Å²) in [5.74, 6) is -0.320. The average molecular weight is 436 g/mol. The smallest absolute Gasteiger partial charge is 0.335 e. The van der Waals surface area contributed by atoms with Crippen LogP contribution >= 0.6 is 0 Å².